The summed E-state index contributed by atoms with van der Waals surface area (Å²) in [6, 6.07) is 14.7. The van der Waals surface area contributed by atoms with Gasteiger partial charge in [-0.1, -0.05) is 29.8 Å². The van der Waals surface area contributed by atoms with E-state index in [4.69, 9.17) is 4.98 Å². The van der Waals surface area contributed by atoms with Gasteiger partial charge in [-0.25, -0.2) is 0 Å². The summed E-state index contributed by atoms with van der Waals surface area (Å²) in [5, 5.41) is 0. The molecule has 1 saturated heterocycles. The van der Waals surface area contributed by atoms with Gasteiger partial charge in [0.1, 0.15) is 0 Å². The highest BCUT2D eigenvalue weighted by molar-refractivity contribution is 5.73. The number of carbonyl (C=O) groups excluding carboxylic acids is 1. The van der Waals surface area contributed by atoms with E-state index >= 15 is 0 Å². The molecular weight excluding hydrogens is 272 g/mol. The van der Waals surface area contributed by atoms with Crippen LogP contribution in [-0.2, 0) is 4.79 Å². The average molecular weight is 294 g/mol. The van der Waals surface area contributed by atoms with Gasteiger partial charge in [0.25, 0.3) is 0 Å². The monoisotopic (exact) mass is 294 g/mol. The molecule has 1 amide bonds. The number of hydrogen-bond acceptors (Lipinski definition) is 2. The number of nitrogens with zero attached hydrogens (tertiary/aromatic N) is 2. The van der Waals surface area contributed by atoms with Crippen molar-refractivity contribution >= 4 is 5.91 Å². The van der Waals surface area contributed by atoms with Gasteiger partial charge < -0.3 is 4.90 Å². The molecule has 22 heavy (non-hydrogen) atoms. The summed E-state index contributed by atoms with van der Waals surface area (Å²) in [5.74, 6) is 0.516. The molecule has 1 aromatic carbocycles. The Morgan fingerprint density at radius 2 is 2.05 bits per heavy atom. The molecule has 1 atom stereocenters. The van der Waals surface area contributed by atoms with Gasteiger partial charge in [0.05, 0.1) is 5.69 Å². The third kappa shape index (κ3) is 3.19. The zero-order valence-electron chi connectivity index (χ0n) is 13.2. The normalized spacial score (nSPS) is 18.3. The Bertz CT molecular complexity index is 681. The summed E-state index contributed by atoms with van der Waals surface area (Å²) < 4.78 is 0. The summed E-state index contributed by atoms with van der Waals surface area (Å²) in [4.78, 5) is 18.4. The highest BCUT2D eigenvalue weighted by atomic mass is 16.2. The maximum absolute atomic E-state index is 11.6. The van der Waals surface area contributed by atoms with Gasteiger partial charge in [-0.15, -0.1) is 0 Å². The van der Waals surface area contributed by atoms with Crippen LogP contribution in [0.1, 0.15) is 36.9 Å². The van der Waals surface area contributed by atoms with E-state index in [9.17, 15) is 4.79 Å². The van der Waals surface area contributed by atoms with Crippen molar-refractivity contribution in [1.82, 2.24) is 9.88 Å². The lowest BCUT2D eigenvalue weighted by atomic mass is 9.93. The number of carbonyl (C=O) groups is 1. The first kappa shape index (κ1) is 14.8. The molecule has 0 N–H and O–H groups in total. The molecule has 3 nitrogen and oxygen atoms in total. The molecule has 0 unspecified atom stereocenters. The van der Waals surface area contributed by atoms with Gasteiger partial charge >= 0.3 is 0 Å². The fourth-order valence-corrected chi connectivity index (χ4v) is 3.15. The second-order valence-electron chi connectivity index (χ2n) is 6.12. The summed E-state index contributed by atoms with van der Waals surface area (Å²) in [6.45, 7) is 5.42. The van der Waals surface area contributed by atoms with Crippen LogP contribution >= 0.6 is 0 Å². The smallest absolute Gasteiger partial charge is 0.219 e. The molecule has 1 aliphatic rings. The Morgan fingerprint density at radius 1 is 1.23 bits per heavy atom. The minimum Gasteiger partial charge on any atom is -0.342 e. The van der Waals surface area contributed by atoms with Crippen molar-refractivity contribution < 1.29 is 4.79 Å². The van der Waals surface area contributed by atoms with Crippen LogP contribution in [0.2, 0.25) is 0 Å². The molecule has 0 radical (unpaired) electrons. The van der Waals surface area contributed by atoms with Crippen molar-refractivity contribution in [1.29, 1.82) is 0 Å². The second kappa shape index (κ2) is 6.30. The largest absolute Gasteiger partial charge is 0.342 e. The second-order valence-corrected chi connectivity index (χ2v) is 6.12. The molecule has 2 heterocycles. The molecule has 0 spiro atoms. The van der Waals surface area contributed by atoms with Crippen molar-refractivity contribution in [3.63, 3.8) is 0 Å². The van der Waals surface area contributed by atoms with Gasteiger partial charge in [-0.2, -0.15) is 0 Å². The molecule has 3 heteroatoms. The summed E-state index contributed by atoms with van der Waals surface area (Å²) in [6.07, 6.45) is 2.16. The number of hydrogen-bond donors (Lipinski definition) is 0. The van der Waals surface area contributed by atoms with Gasteiger partial charge in [-0.05, 0) is 38.0 Å². The third-order valence-corrected chi connectivity index (χ3v) is 4.37. The van der Waals surface area contributed by atoms with E-state index in [1.165, 1.54) is 5.56 Å². The van der Waals surface area contributed by atoms with Gasteiger partial charge in [-0.3, -0.25) is 9.78 Å². The number of amides is 1. The third-order valence-electron chi connectivity index (χ3n) is 4.37. The van der Waals surface area contributed by atoms with Crippen LogP contribution in [0.5, 0.6) is 0 Å². The van der Waals surface area contributed by atoms with Crippen molar-refractivity contribution in [2.75, 3.05) is 13.1 Å². The summed E-state index contributed by atoms with van der Waals surface area (Å²) in [5.41, 5.74) is 4.51. The molecule has 1 aliphatic heterocycles. The van der Waals surface area contributed by atoms with E-state index in [0.717, 1.165) is 42.9 Å². The highest BCUT2D eigenvalue weighted by Gasteiger charge is 2.23. The predicted molar refractivity (Wildman–Crippen MR) is 88.6 cm³/mol. The molecule has 2 aromatic rings. The van der Waals surface area contributed by atoms with Crippen LogP contribution in [0.3, 0.4) is 0 Å². The first-order valence-electron chi connectivity index (χ1n) is 7.93. The van der Waals surface area contributed by atoms with Crippen LogP contribution in [0, 0.1) is 6.92 Å². The van der Waals surface area contributed by atoms with Crippen molar-refractivity contribution in [2.45, 2.75) is 32.6 Å². The lowest BCUT2D eigenvalue weighted by Gasteiger charge is -2.31. The van der Waals surface area contributed by atoms with Gasteiger partial charge in [0, 0.05) is 37.2 Å². The Morgan fingerprint density at radius 3 is 2.82 bits per heavy atom. The van der Waals surface area contributed by atoms with Crippen LogP contribution in [0.25, 0.3) is 11.3 Å². The predicted octanol–water partition coefficient (Wildman–Crippen LogP) is 3.78. The standard InChI is InChI=1S/C19H22N2O/c1-14-6-3-7-16(12-14)18-9-4-10-19(20-18)17-8-5-11-21(13-17)15(2)22/h3-4,6-7,9-10,12,17H,5,8,11,13H2,1-2H3/t17-/m0/s1. The van der Waals surface area contributed by atoms with Crippen molar-refractivity contribution in [3.8, 4) is 11.3 Å². The number of benzene rings is 1. The fraction of sp³-hybridized carbons (Fsp3) is 0.368. The zero-order valence-corrected chi connectivity index (χ0v) is 13.2. The van der Waals surface area contributed by atoms with E-state index in [1.807, 2.05) is 4.90 Å². The quantitative estimate of drug-likeness (QED) is 0.844. The Labute approximate surface area is 132 Å². The average Bonchev–Trinajstić information content (AvgIpc) is 2.55. The highest BCUT2D eigenvalue weighted by Crippen LogP contribution is 2.27. The molecule has 0 aliphatic carbocycles. The fourth-order valence-electron chi connectivity index (χ4n) is 3.15. The number of aryl methyl sites for hydroxylation is 1. The molecule has 1 aromatic heterocycles. The lowest BCUT2D eigenvalue weighted by molar-refractivity contribution is -0.130. The number of likely N-dealkylation sites (tertiary alicyclic amines) is 1. The Hall–Kier alpha value is -2.16. The number of pyridine rings is 1. The zero-order chi connectivity index (χ0) is 15.5. The van der Waals surface area contributed by atoms with E-state index < -0.39 is 0 Å². The van der Waals surface area contributed by atoms with Crippen LogP contribution in [0.15, 0.2) is 42.5 Å². The number of piperidine rings is 1. The minimum atomic E-state index is 0.166. The number of rotatable bonds is 2. The van der Waals surface area contributed by atoms with E-state index in [2.05, 4.69) is 49.4 Å². The molecule has 0 saturated carbocycles. The SMILES string of the molecule is CC(=O)N1CCC[C@H](c2cccc(-c3cccc(C)c3)n2)C1. The molecule has 3 rings (SSSR count). The minimum absolute atomic E-state index is 0.166. The molecule has 114 valence electrons. The van der Waals surface area contributed by atoms with Crippen LogP contribution in [0.4, 0.5) is 0 Å². The van der Waals surface area contributed by atoms with Crippen LogP contribution in [-0.4, -0.2) is 28.9 Å². The molecule has 0 bridgehead atoms. The van der Waals surface area contributed by atoms with E-state index in [0.29, 0.717) is 5.92 Å². The molecular formula is C19H22N2O. The Kier molecular flexibility index (Phi) is 4.23. The van der Waals surface area contributed by atoms with Crippen molar-refractivity contribution in [2.24, 2.45) is 0 Å². The maximum atomic E-state index is 11.6. The Balaban J connectivity index is 1.86. The maximum Gasteiger partial charge on any atom is 0.219 e. The number of aromatic nitrogens is 1. The first-order valence-corrected chi connectivity index (χ1v) is 7.93. The first-order chi connectivity index (χ1) is 10.6. The van der Waals surface area contributed by atoms with Crippen LogP contribution < -0.4 is 0 Å². The molecule has 1 fully saturated rings. The topological polar surface area (TPSA) is 33.2 Å². The summed E-state index contributed by atoms with van der Waals surface area (Å²) in [7, 11) is 0. The van der Waals surface area contributed by atoms with E-state index in [-0.39, 0.29) is 5.91 Å². The van der Waals surface area contributed by atoms with Gasteiger partial charge in [0.15, 0.2) is 0 Å². The van der Waals surface area contributed by atoms with E-state index in [1.54, 1.807) is 6.92 Å². The summed E-state index contributed by atoms with van der Waals surface area (Å²) >= 11 is 0. The lowest BCUT2D eigenvalue weighted by Crippen LogP contribution is -2.37. The van der Waals surface area contributed by atoms with Crippen molar-refractivity contribution in [3.05, 3.63) is 53.7 Å². The van der Waals surface area contributed by atoms with Gasteiger partial charge in [0.2, 0.25) is 5.91 Å².